The third kappa shape index (κ3) is 3.83. The van der Waals surface area contributed by atoms with Crippen molar-refractivity contribution in [3.63, 3.8) is 0 Å². The lowest BCUT2D eigenvalue weighted by Crippen LogP contribution is -2.24. The quantitative estimate of drug-likeness (QED) is 0.715. The number of anilines is 2. The molecule has 3 nitrogen and oxygen atoms in total. The van der Waals surface area contributed by atoms with Gasteiger partial charge in [0.1, 0.15) is 5.75 Å². The number of para-hydroxylation sites is 1. The summed E-state index contributed by atoms with van der Waals surface area (Å²) < 4.78 is 5.67. The molecule has 0 saturated heterocycles. The third-order valence-electron chi connectivity index (χ3n) is 3.01. The van der Waals surface area contributed by atoms with E-state index in [1.54, 1.807) is 0 Å². The largest absolute Gasteiger partial charge is 0.491 e. The molecule has 0 bridgehead atoms. The fraction of sp³-hybridized carbons (Fsp3) is 0.600. The number of rotatable bonds is 8. The number of hydrogen-bond donors (Lipinski definition) is 1. The highest BCUT2D eigenvalue weighted by Crippen LogP contribution is 2.32. The molecule has 0 aliphatic heterocycles. The number of nitrogen functional groups attached to an aromatic ring is 1. The molecule has 1 aromatic rings. The minimum absolute atomic E-state index is 0.717. The van der Waals surface area contributed by atoms with E-state index >= 15 is 0 Å². The molecule has 102 valence electrons. The Labute approximate surface area is 111 Å². The zero-order valence-electron chi connectivity index (χ0n) is 11.9. The fourth-order valence-electron chi connectivity index (χ4n) is 1.94. The summed E-state index contributed by atoms with van der Waals surface area (Å²) in [6.07, 6.45) is 3.38. The highest BCUT2D eigenvalue weighted by atomic mass is 16.5. The first-order valence-electron chi connectivity index (χ1n) is 7.00. The van der Waals surface area contributed by atoms with Crippen LogP contribution < -0.4 is 15.4 Å². The highest BCUT2D eigenvalue weighted by molar-refractivity contribution is 5.74. The van der Waals surface area contributed by atoms with E-state index in [0.29, 0.717) is 0 Å². The summed E-state index contributed by atoms with van der Waals surface area (Å²) in [6.45, 7) is 9.21. The first-order chi connectivity index (χ1) is 8.74. The predicted octanol–water partition coefficient (Wildman–Crippen LogP) is 3.68. The van der Waals surface area contributed by atoms with Crippen molar-refractivity contribution in [2.45, 2.75) is 40.0 Å². The molecule has 2 N–H and O–H groups in total. The van der Waals surface area contributed by atoms with Crippen LogP contribution in [0.15, 0.2) is 18.2 Å². The molecule has 3 heteroatoms. The van der Waals surface area contributed by atoms with E-state index in [-0.39, 0.29) is 0 Å². The van der Waals surface area contributed by atoms with E-state index in [1.165, 1.54) is 12.8 Å². The van der Waals surface area contributed by atoms with Crippen LogP contribution in [0.25, 0.3) is 0 Å². The molecule has 0 amide bonds. The predicted molar refractivity (Wildman–Crippen MR) is 79.4 cm³/mol. The monoisotopic (exact) mass is 250 g/mol. The van der Waals surface area contributed by atoms with Crippen LogP contribution in [-0.4, -0.2) is 19.7 Å². The second-order valence-corrected chi connectivity index (χ2v) is 4.47. The van der Waals surface area contributed by atoms with Gasteiger partial charge in [-0.25, -0.2) is 0 Å². The first kappa shape index (κ1) is 14.7. The van der Waals surface area contributed by atoms with E-state index in [2.05, 4.69) is 31.7 Å². The van der Waals surface area contributed by atoms with Crippen molar-refractivity contribution < 1.29 is 4.74 Å². The molecule has 1 rings (SSSR count). The van der Waals surface area contributed by atoms with Crippen molar-refractivity contribution in [1.82, 2.24) is 0 Å². The van der Waals surface area contributed by atoms with Crippen LogP contribution in [0.5, 0.6) is 5.75 Å². The second kappa shape index (κ2) is 7.85. The standard InChI is InChI=1S/C15H26N2O/c1-4-7-11-17(6-3)13-9-8-10-14(15(13)16)18-12-5-2/h8-10H,4-7,11-12,16H2,1-3H3. The SMILES string of the molecule is CCCCN(CC)c1cccc(OCCC)c1N. The summed E-state index contributed by atoms with van der Waals surface area (Å²) in [6, 6.07) is 6.04. The van der Waals surface area contributed by atoms with E-state index in [4.69, 9.17) is 10.5 Å². The summed E-state index contributed by atoms with van der Waals surface area (Å²) >= 11 is 0. The molecule has 0 atom stereocenters. The summed E-state index contributed by atoms with van der Waals surface area (Å²) in [7, 11) is 0. The Morgan fingerprint density at radius 2 is 1.94 bits per heavy atom. The fourth-order valence-corrected chi connectivity index (χ4v) is 1.94. The average molecular weight is 250 g/mol. The van der Waals surface area contributed by atoms with Crippen molar-refractivity contribution in [2.24, 2.45) is 0 Å². The molecule has 0 aliphatic carbocycles. The van der Waals surface area contributed by atoms with Gasteiger partial charge in [-0.05, 0) is 31.9 Å². The molecular formula is C15H26N2O. The second-order valence-electron chi connectivity index (χ2n) is 4.47. The van der Waals surface area contributed by atoms with Crippen LogP contribution >= 0.6 is 0 Å². The molecule has 0 aliphatic rings. The topological polar surface area (TPSA) is 38.5 Å². The molecule has 18 heavy (non-hydrogen) atoms. The molecule has 0 fully saturated rings. The van der Waals surface area contributed by atoms with Crippen molar-refractivity contribution in [3.05, 3.63) is 18.2 Å². The van der Waals surface area contributed by atoms with Gasteiger partial charge in [-0.3, -0.25) is 0 Å². The number of nitrogens with two attached hydrogens (primary N) is 1. The van der Waals surface area contributed by atoms with Gasteiger partial charge in [0, 0.05) is 13.1 Å². The zero-order chi connectivity index (χ0) is 13.4. The third-order valence-corrected chi connectivity index (χ3v) is 3.01. The lowest BCUT2D eigenvalue weighted by atomic mass is 10.2. The van der Waals surface area contributed by atoms with E-state index in [1.807, 2.05) is 12.1 Å². The molecule has 0 saturated carbocycles. The molecule has 0 spiro atoms. The Bertz CT molecular complexity index is 352. The number of benzene rings is 1. The Morgan fingerprint density at radius 1 is 1.17 bits per heavy atom. The minimum Gasteiger partial charge on any atom is -0.491 e. The summed E-state index contributed by atoms with van der Waals surface area (Å²) in [5.74, 6) is 0.810. The van der Waals surface area contributed by atoms with Crippen LogP contribution in [-0.2, 0) is 0 Å². The molecule has 0 heterocycles. The smallest absolute Gasteiger partial charge is 0.144 e. The van der Waals surface area contributed by atoms with Gasteiger partial charge in [-0.1, -0.05) is 26.3 Å². The Hall–Kier alpha value is -1.38. The van der Waals surface area contributed by atoms with Crippen molar-refractivity contribution in [1.29, 1.82) is 0 Å². The van der Waals surface area contributed by atoms with Crippen LogP contribution in [0.1, 0.15) is 40.0 Å². The zero-order valence-corrected chi connectivity index (χ0v) is 11.9. The minimum atomic E-state index is 0.717. The lowest BCUT2D eigenvalue weighted by molar-refractivity contribution is 0.319. The summed E-state index contributed by atoms with van der Waals surface area (Å²) in [5, 5.41) is 0. The highest BCUT2D eigenvalue weighted by Gasteiger charge is 2.11. The number of hydrogen-bond acceptors (Lipinski definition) is 3. The van der Waals surface area contributed by atoms with Gasteiger partial charge in [-0.15, -0.1) is 0 Å². The number of ether oxygens (including phenoxy) is 1. The number of nitrogens with zero attached hydrogens (tertiary/aromatic N) is 1. The maximum atomic E-state index is 6.21. The van der Waals surface area contributed by atoms with Gasteiger partial charge in [0.05, 0.1) is 18.0 Å². The van der Waals surface area contributed by atoms with E-state index in [0.717, 1.165) is 43.2 Å². The van der Waals surface area contributed by atoms with E-state index in [9.17, 15) is 0 Å². The van der Waals surface area contributed by atoms with Gasteiger partial charge in [0.2, 0.25) is 0 Å². The Kier molecular flexibility index (Phi) is 6.40. The van der Waals surface area contributed by atoms with Crippen LogP contribution in [0, 0.1) is 0 Å². The lowest BCUT2D eigenvalue weighted by Gasteiger charge is -2.25. The maximum absolute atomic E-state index is 6.21. The Balaban J connectivity index is 2.86. The van der Waals surface area contributed by atoms with Crippen molar-refractivity contribution in [3.8, 4) is 5.75 Å². The van der Waals surface area contributed by atoms with Gasteiger partial charge in [0.15, 0.2) is 0 Å². The molecular weight excluding hydrogens is 224 g/mol. The van der Waals surface area contributed by atoms with Gasteiger partial charge >= 0.3 is 0 Å². The normalized spacial score (nSPS) is 10.4. The van der Waals surface area contributed by atoms with Crippen molar-refractivity contribution in [2.75, 3.05) is 30.3 Å². The summed E-state index contributed by atoms with van der Waals surface area (Å²) in [4.78, 5) is 2.32. The van der Waals surface area contributed by atoms with E-state index < -0.39 is 0 Å². The number of unbranched alkanes of at least 4 members (excludes halogenated alkanes) is 1. The first-order valence-corrected chi connectivity index (χ1v) is 7.00. The molecule has 1 aromatic carbocycles. The molecule has 0 unspecified atom stereocenters. The van der Waals surface area contributed by atoms with Gasteiger partial charge in [-0.2, -0.15) is 0 Å². The molecule has 0 radical (unpaired) electrons. The van der Waals surface area contributed by atoms with Crippen molar-refractivity contribution >= 4 is 11.4 Å². The van der Waals surface area contributed by atoms with Gasteiger partial charge < -0.3 is 15.4 Å². The van der Waals surface area contributed by atoms with Crippen LogP contribution in [0.3, 0.4) is 0 Å². The van der Waals surface area contributed by atoms with Crippen LogP contribution in [0.2, 0.25) is 0 Å². The molecule has 0 aromatic heterocycles. The maximum Gasteiger partial charge on any atom is 0.144 e. The van der Waals surface area contributed by atoms with Gasteiger partial charge in [0.25, 0.3) is 0 Å². The average Bonchev–Trinajstić information content (AvgIpc) is 2.40. The van der Waals surface area contributed by atoms with Crippen LogP contribution in [0.4, 0.5) is 11.4 Å². The Morgan fingerprint density at radius 3 is 2.56 bits per heavy atom. The summed E-state index contributed by atoms with van der Waals surface area (Å²) in [5.41, 5.74) is 8.07.